The van der Waals surface area contributed by atoms with E-state index in [1.165, 1.54) is 25.6 Å². The zero-order valence-corrected chi connectivity index (χ0v) is 12.7. The van der Waals surface area contributed by atoms with Gasteiger partial charge >= 0.3 is 11.9 Å². The van der Waals surface area contributed by atoms with E-state index in [1.54, 1.807) is 6.07 Å². The highest BCUT2D eigenvalue weighted by molar-refractivity contribution is 7.12. The summed E-state index contributed by atoms with van der Waals surface area (Å²) in [6.07, 6.45) is 0. The van der Waals surface area contributed by atoms with Crippen molar-refractivity contribution in [3.8, 4) is 0 Å². The van der Waals surface area contributed by atoms with Crippen molar-refractivity contribution in [2.24, 2.45) is 0 Å². The predicted octanol–water partition coefficient (Wildman–Crippen LogP) is 1.15. The molecule has 0 atom stereocenters. The fourth-order valence-electron chi connectivity index (χ4n) is 1.65. The first-order valence-electron chi connectivity index (χ1n) is 5.89. The van der Waals surface area contributed by atoms with E-state index in [9.17, 15) is 14.4 Å². The molecule has 0 spiro atoms. The highest BCUT2D eigenvalue weighted by atomic mass is 32.1. The van der Waals surface area contributed by atoms with Gasteiger partial charge in [-0.25, -0.2) is 0 Å². The normalized spacial score (nSPS) is 10.0. The van der Waals surface area contributed by atoms with Crippen molar-refractivity contribution in [2.45, 2.75) is 13.8 Å². The largest absolute Gasteiger partial charge is 0.468 e. The summed E-state index contributed by atoms with van der Waals surface area (Å²) in [6.45, 7) is 3.12. The average Bonchev–Trinajstić information content (AvgIpc) is 2.75. The maximum absolute atomic E-state index is 12.4. The number of amides is 1. The Balaban J connectivity index is 2.96. The molecule has 0 unspecified atom stereocenters. The number of hydrogen-bond donors (Lipinski definition) is 0. The van der Waals surface area contributed by atoms with Gasteiger partial charge < -0.3 is 14.4 Å². The molecule has 20 heavy (non-hydrogen) atoms. The van der Waals surface area contributed by atoms with E-state index in [0.717, 1.165) is 14.7 Å². The van der Waals surface area contributed by atoms with Gasteiger partial charge in [0, 0.05) is 9.75 Å². The zero-order valence-electron chi connectivity index (χ0n) is 11.9. The summed E-state index contributed by atoms with van der Waals surface area (Å²) in [5.74, 6) is -1.57. The Morgan fingerprint density at radius 3 is 1.95 bits per heavy atom. The molecule has 0 N–H and O–H groups in total. The fourth-order valence-corrected chi connectivity index (χ4v) is 2.57. The van der Waals surface area contributed by atoms with Crippen LogP contribution >= 0.6 is 11.3 Å². The predicted molar refractivity (Wildman–Crippen MR) is 73.7 cm³/mol. The monoisotopic (exact) mass is 299 g/mol. The Hall–Kier alpha value is -1.89. The smallest absolute Gasteiger partial charge is 0.325 e. The second-order valence-corrected chi connectivity index (χ2v) is 5.60. The Kier molecular flexibility index (Phi) is 5.69. The summed E-state index contributed by atoms with van der Waals surface area (Å²) in [5, 5.41) is 0. The molecule has 0 aliphatic rings. The first kappa shape index (κ1) is 16.2. The topological polar surface area (TPSA) is 72.9 Å². The Morgan fingerprint density at radius 2 is 1.60 bits per heavy atom. The molecule has 0 bridgehead atoms. The van der Waals surface area contributed by atoms with Gasteiger partial charge in [-0.3, -0.25) is 14.4 Å². The SMILES string of the molecule is COC(=O)CN(CC(=O)OC)C(=O)c1cc(C)sc1C. The van der Waals surface area contributed by atoms with Crippen LogP contribution in [0.15, 0.2) is 6.07 Å². The summed E-state index contributed by atoms with van der Waals surface area (Å²) in [5.41, 5.74) is 0.486. The first-order valence-corrected chi connectivity index (χ1v) is 6.70. The van der Waals surface area contributed by atoms with Gasteiger partial charge in [-0.2, -0.15) is 0 Å². The maximum Gasteiger partial charge on any atom is 0.325 e. The van der Waals surface area contributed by atoms with Crippen LogP contribution in [0.1, 0.15) is 20.1 Å². The molecule has 1 aromatic rings. The number of aryl methyl sites for hydroxylation is 2. The lowest BCUT2D eigenvalue weighted by Gasteiger charge is -2.20. The minimum Gasteiger partial charge on any atom is -0.468 e. The van der Waals surface area contributed by atoms with Crippen LogP contribution in [0.4, 0.5) is 0 Å². The van der Waals surface area contributed by atoms with Crippen molar-refractivity contribution < 1.29 is 23.9 Å². The molecule has 0 aromatic carbocycles. The van der Waals surface area contributed by atoms with Crippen LogP contribution in [-0.2, 0) is 19.1 Å². The van der Waals surface area contributed by atoms with Crippen LogP contribution in [0.2, 0.25) is 0 Å². The Labute approximate surface area is 121 Å². The van der Waals surface area contributed by atoms with Crippen molar-refractivity contribution in [3.05, 3.63) is 21.4 Å². The highest BCUT2D eigenvalue weighted by Gasteiger charge is 2.24. The maximum atomic E-state index is 12.4. The lowest BCUT2D eigenvalue weighted by atomic mass is 10.2. The van der Waals surface area contributed by atoms with Gasteiger partial charge in [0.25, 0.3) is 5.91 Å². The molecule has 0 aliphatic carbocycles. The van der Waals surface area contributed by atoms with Gasteiger partial charge in [0.2, 0.25) is 0 Å². The van der Waals surface area contributed by atoms with Crippen molar-refractivity contribution in [1.82, 2.24) is 4.90 Å². The number of esters is 2. The fraction of sp³-hybridized carbons (Fsp3) is 0.462. The van der Waals surface area contributed by atoms with Gasteiger partial charge in [-0.1, -0.05) is 0 Å². The van der Waals surface area contributed by atoms with E-state index in [4.69, 9.17) is 0 Å². The van der Waals surface area contributed by atoms with E-state index in [2.05, 4.69) is 9.47 Å². The molecule has 0 aliphatic heterocycles. The van der Waals surface area contributed by atoms with Crippen LogP contribution in [0, 0.1) is 13.8 Å². The third-order valence-corrected chi connectivity index (χ3v) is 3.62. The zero-order chi connectivity index (χ0) is 15.3. The third-order valence-electron chi connectivity index (χ3n) is 2.65. The van der Waals surface area contributed by atoms with E-state index in [-0.39, 0.29) is 19.0 Å². The molecular formula is C13H17NO5S. The molecule has 110 valence electrons. The molecule has 0 saturated heterocycles. The van der Waals surface area contributed by atoms with Gasteiger partial charge in [-0.15, -0.1) is 11.3 Å². The molecule has 1 amide bonds. The van der Waals surface area contributed by atoms with Crippen LogP contribution in [0.5, 0.6) is 0 Å². The standard InChI is InChI=1S/C13H17NO5S/c1-8-5-10(9(2)20-8)13(17)14(6-11(15)18-3)7-12(16)19-4/h5H,6-7H2,1-4H3. The lowest BCUT2D eigenvalue weighted by Crippen LogP contribution is -2.40. The van der Waals surface area contributed by atoms with Gasteiger partial charge in [0.05, 0.1) is 19.8 Å². The van der Waals surface area contributed by atoms with Crippen LogP contribution < -0.4 is 0 Å². The number of ether oxygens (including phenoxy) is 2. The van der Waals surface area contributed by atoms with Crippen molar-refractivity contribution >= 4 is 29.2 Å². The second kappa shape index (κ2) is 7.04. The quantitative estimate of drug-likeness (QED) is 0.763. The van der Waals surface area contributed by atoms with E-state index < -0.39 is 11.9 Å². The molecule has 6 nitrogen and oxygen atoms in total. The number of methoxy groups -OCH3 is 2. The summed E-state index contributed by atoms with van der Waals surface area (Å²) in [7, 11) is 2.45. The van der Waals surface area contributed by atoms with Gasteiger partial charge in [0.15, 0.2) is 0 Å². The molecule has 7 heteroatoms. The Morgan fingerprint density at radius 1 is 1.10 bits per heavy atom. The minimum atomic E-state index is -0.591. The number of carbonyl (C=O) groups excluding carboxylic acids is 3. The summed E-state index contributed by atoms with van der Waals surface area (Å²) >= 11 is 1.48. The number of rotatable bonds is 5. The lowest BCUT2D eigenvalue weighted by molar-refractivity contribution is -0.144. The number of nitrogens with zero attached hydrogens (tertiary/aromatic N) is 1. The van der Waals surface area contributed by atoms with Crippen LogP contribution in [0.3, 0.4) is 0 Å². The number of thiophene rings is 1. The molecule has 0 saturated carbocycles. The molecule has 1 heterocycles. The van der Waals surface area contributed by atoms with Gasteiger partial charge in [0.1, 0.15) is 13.1 Å². The molecule has 0 fully saturated rings. The minimum absolute atomic E-state index is 0.293. The number of hydrogen-bond acceptors (Lipinski definition) is 6. The highest BCUT2D eigenvalue weighted by Crippen LogP contribution is 2.22. The van der Waals surface area contributed by atoms with E-state index in [0.29, 0.717) is 5.56 Å². The van der Waals surface area contributed by atoms with E-state index >= 15 is 0 Å². The summed E-state index contributed by atoms with van der Waals surface area (Å²) in [4.78, 5) is 38.0. The third kappa shape index (κ3) is 4.06. The summed E-state index contributed by atoms with van der Waals surface area (Å²) < 4.78 is 9.07. The van der Waals surface area contributed by atoms with Crippen LogP contribution in [-0.4, -0.2) is 50.1 Å². The van der Waals surface area contributed by atoms with Crippen molar-refractivity contribution in [3.63, 3.8) is 0 Å². The molecule has 0 radical (unpaired) electrons. The molecular weight excluding hydrogens is 282 g/mol. The second-order valence-electron chi connectivity index (χ2n) is 4.14. The van der Waals surface area contributed by atoms with Crippen molar-refractivity contribution in [2.75, 3.05) is 27.3 Å². The summed E-state index contributed by atoms with van der Waals surface area (Å²) in [6, 6.07) is 1.74. The number of carbonyl (C=O) groups is 3. The van der Waals surface area contributed by atoms with Crippen molar-refractivity contribution in [1.29, 1.82) is 0 Å². The Bertz CT molecular complexity index is 505. The average molecular weight is 299 g/mol. The molecule has 1 rings (SSSR count). The first-order chi connectivity index (χ1) is 9.38. The van der Waals surface area contributed by atoms with E-state index in [1.807, 2.05) is 13.8 Å². The van der Waals surface area contributed by atoms with Crippen LogP contribution in [0.25, 0.3) is 0 Å². The van der Waals surface area contributed by atoms with Gasteiger partial charge in [-0.05, 0) is 19.9 Å². The molecule has 1 aromatic heterocycles.